The highest BCUT2D eigenvalue weighted by atomic mass is 32.1. The molecule has 2 heterocycles. The molecule has 5 nitrogen and oxygen atoms in total. The third kappa shape index (κ3) is 4.08. The molecule has 1 aromatic carbocycles. The zero-order chi connectivity index (χ0) is 18.7. The average Bonchev–Trinajstić information content (AvgIpc) is 3.10. The number of anilines is 1. The molecule has 0 radical (unpaired) electrons. The number of nitrogen functional groups attached to an aromatic ring is 1. The fourth-order valence-corrected chi connectivity index (χ4v) is 3.42. The van der Waals surface area contributed by atoms with Crippen LogP contribution in [0.15, 0.2) is 47.8 Å². The lowest BCUT2D eigenvalue weighted by Gasteiger charge is -2.16. The fraction of sp³-hybridized carbons (Fsp3) is 0.250. The number of nitrogens with zero attached hydrogens (tertiary/aromatic N) is 3. The van der Waals surface area contributed by atoms with Crippen LogP contribution in [0.25, 0.3) is 11.3 Å². The highest BCUT2D eigenvalue weighted by Crippen LogP contribution is 2.21. The third-order valence-corrected chi connectivity index (χ3v) is 5.20. The van der Waals surface area contributed by atoms with Gasteiger partial charge in [-0.3, -0.25) is 4.79 Å². The van der Waals surface area contributed by atoms with Gasteiger partial charge in [-0.05, 0) is 24.3 Å². The number of carbonyl (C=O) groups excluding carboxylic acids is 1. The lowest BCUT2D eigenvalue weighted by molar-refractivity contribution is 0.0783. The third-order valence-electron chi connectivity index (χ3n) is 4.01. The molecule has 0 saturated carbocycles. The molecule has 6 heteroatoms. The van der Waals surface area contributed by atoms with E-state index in [-0.39, 0.29) is 5.91 Å². The summed E-state index contributed by atoms with van der Waals surface area (Å²) >= 11 is 1.64. The van der Waals surface area contributed by atoms with Crippen LogP contribution in [0.3, 0.4) is 0 Å². The van der Waals surface area contributed by atoms with Crippen LogP contribution >= 0.6 is 11.3 Å². The van der Waals surface area contributed by atoms with Gasteiger partial charge in [0.05, 0.1) is 22.9 Å². The van der Waals surface area contributed by atoms with Crippen molar-refractivity contribution in [3.63, 3.8) is 0 Å². The van der Waals surface area contributed by atoms with Gasteiger partial charge < -0.3 is 10.6 Å². The molecular weight excluding hydrogens is 344 g/mol. The Kier molecular flexibility index (Phi) is 5.32. The van der Waals surface area contributed by atoms with Gasteiger partial charge in [0.1, 0.15) is 5.82 Å². The molecular formula is C20H22N4OS. The first-order valence-electron chi connectivity index (χ1n) is 8.47. The molecule has 3 aromatic rings. The van der Waals surface area contributed by atoms with E-state index >= 15 is 0 Å². The highest BCUT2D eigenvalue weighted by Gasteiger charge is 2.14. The van der Waals surface area contributed by atoms with Gasteiger partial charge in [0, 0.05) is 29.5 Å². The zero-order valence-corrected chi connectivity index (χ0v) is 16.0. The van der Waals surface area contributed by atoms with Crippen molar-refractivity contribution in [3.05, 3.63) is 64.1 Å². The van der Waals surface area contributed by atoms with Crippen LogP contribution in [0, 0.1) is 0 Å². The van der Waals surface area contributed by atoms with Crippen molar-refractivity contribution in [1.82, 2.24) is 14.9 Å². The van der Waals surface area contributed by atoms with Crippen molar-refractivity contribution < 1.29 is 4.79 Å². The van der Waals surface area contributed by atoms with E-state index in [9.17, 15) is 4.79 Å². The predicted molar refractivity (Wildman–Crippen MR) is 106 cm³/mol. The molecule has 0 unspecified atom stereocenters. The van der Waals surface area contributed by atoms with E-state index < -0.39 is 0 Å². The Morgan fingerprint density at radius 2 is 1.88 bits per heavy atom. The number of thiazole rings is 1. The fourth-order valence-electron chi connectivity index (χ4n) is 2.59. The molecule has 2 N–H and O–H groups in total. The van der Waals surface area contributed by atoms with Gasteiger partial charge in [0.2, 0.25) is 0 Å². The zero-order valence-electron chi connectivity index (χ0n) is 15.1. The lowest BCUT2D eigenvalue weighted by Crippen LogP contribution is -2.26. The Morgan fingerprint density at radius 3 is 2.50 bits per heavy atom. The minimum absolute atomic E-state index is 0.0313. The van der Waals surface area contributed by atoms with Crippen molar-refractivity contribution in [2.45, 2.75) is 26.3 Å². The molecule has 0 aliphatic heterocycles. The van der Waals surface area contributed by atoms with E-state index in [1.807, 2.05) is 41.8 Å². The van der Waals surface area contributed by atoms with Gasteiger partial charge >= 0.3 is 0 Å². The first kappa shape index (κ1) is 18.1. The van der Waals surface area contributed by atoms with Crippen molar-refractivity contribution >= 4 is 23.1 Å². The molecule has 1 amide bonds. The molecule has 0 spiro atoms. The van der Waals surface area contributed by atoms with Crippen LogP contribution in [0.5, 0.6) is 0 Å². The number of pyridine rings is 1. The molecule has 134 valence electrons. The number of hydrogen-bond donors (Lipinski definition) is 1. The van der Waals surface area contributed by atoms with Crippen LogP contribution in [-0.4, -0.2) is 27.8 Å². The summed E-state index contributed by atoms with van der Waals surface area (Å²) in [5.41, 5.74) is 9.02. The van der Waals surface area contributed by atoms with Crippen molar-refractivity contribution in [1.29, 1.82) is 0 Å². The second kappa shape index (κ2) is 7.66. The summed E-state index contributed by atoms with van der Waals surface area (Å²) in [6.45, 7) is 4.74. The largest absolute Gasteiger partial charge is 0.384 e. The number of carbonyl (C=O) groups is 1. The average molecular weight is 366 g/mol. The van der Waals surface area contributed by atoms with Gasteiger partial charge in [-0.15, -0.1) is 11.3 Å². The molecule has 26 heavy (non-hydrogen) atoms. The van der Waals surface area contributed by atoms with E-state index in [0.29, 0.717) is 23.8 Å². The van der Waals surface area contributed by atoms with Gasteiger partial charge in [0.25, 0.3) is 5.91 Å². The van der Waals surface area contributed by atoms with E-state index in [2.05, 4.69) is 23.8 Å². The predicted octanol–water partition coefficient (Wildman–Crippen LogP) is 4.18. The Balaban J connectivity index is 1.70. The number of nitrogens with two attached hydrogens (primary N) is 1. The van der Waals surface area contributed by atoms with Gasteiger partial charge in [-0.1, -0.05) is 32.0 Å². The van der Waals surface area contributed by atoms with Crippen molar-refractivity contribution in [2.24, 2.45) is 0 Å². The standard InChI is InChI=1S/C20H22N4OS/c1-13(2)19-22-16(12-26-19)11-24(3)20(25)15-9-7-14(8-10-15)17-5-4-6-18(21)23-17/h4-10,12-13H,11H2,1-3H3,(H2,21,23). The van der Waals surface area contributed by atoms with E-state index in [4.69, 9.17) is 5.73 Å². The first-order chi connectivity index (χ1) is 12.4. The maximum Gasteiger partial charge on any atom is 0.253 e. The smallest absolute Gasteiger partial charge is 0.253 e. The Bertz CT molecular complexity index is 902. The van der Waals surface area contributed by atoms with Crippen LogP contribution in [0.2, 0.25) is 0 Å². The Hall–Kier alpha value is -2.73. The SMILES string of the molecule is CC(C)c1nc(CN(C)C(=O)c2ccc(-c3cccc(N)n3)cc2)cs1. The molecule has 0 atom stereocenters. The minimum atomic E-state index is -0.0313. The highest BCUT2D eigenvalue weighted by molar-refractivity contribution is 7.09. The lowest BCUT2D eigenvalue weighted by atomic mass is 10.1. The molecule has 2 aromatic heterocycles. The maximum atomic E-state index is 12.7. The van der Waals surface area contributed by atoms with E-state index in [1.165, 1.54) is 0 Å². The Morgan fingerprint density at radius 1 is 1.15 bits per heavy atom. The van der Waals surface area contributed by atoms with Gasteiger partial charge in [0.15, 0.2) is 0 Å². The molecule has 0 fully saturated rings. The number of benzene rings is 1. The maximum absolute atomic E-state index is 12.7. The monoisotopic (exact) mass is 366 g/mol. The molecule has 0 aliphatic rings. The molecule has 0 aliphatic carbocycles. The summed E-state index contributed by atoms with van der Waals surface area (Å²) in [4.78, 5) is 23.2. The number of hydrogen-bond acceptors (Lipinski definition) is 5. The van der Waals surface area contributed by atoms with Gasteiger partial charge in [-0.25, -0.2) is 9.97 Å². The van der Waals surface area contributed by atoms with Crippen LogP contribution < -0.4 is 5.73 Å². The summed E-state index contributed by atoms with van der Waals surface area (Å²) in [6, 6.07) is 12.9. The summed E-state index contributed by atoms with van der Waals surface area (Å²) in [5, 5.41) is 3.12. The molecule has 3 rings (SSSR count). The minimum Gasteiger partial charge on any atom is -0.384 e. The van der Waals surface area contributed by atoms with Crippen molar-refractivity contribution in [3.8, 4) is 11.3 Å². The van der Waals surface area contributed by atoms with Crippen molar-refractivity contribution in [2.75, 3.05) is 12.8 Å². The first-order valence-corrected chi connectivity index (χ1v) is 9.34. The molecule has 0 bridgehead atoms. The van der Waals surface area contributed by atoms with Crippen LogP contribution in [0.4, 0.5) is 5.82 Å². The summed E-state index contributed by atoms with van der Waals surface area (Å²) < 4.78 is 0. The summed E-state index contributed by atoms with van der Waals surface area (Å²) in [7, 11) is 1.80. The second-order valence-electron chi connectivity index (χ2n) is 6.52. The normalized spacial score (nSPS) is 10.9. The topological polar surface area (TPSA) is 72.1 Å². The number of amides is 1. The second-order valence-corrected chi connectivity index (χ2v) is 7.41. The van der Waals surface area contributed by atoms with Gasteiger partial charge in [-0.2, -0.15) is 0 Å². The summed E-state index contributed by atoms with van der Waals surface area (Å²) in [5.74, 6) is 0.852. The molecule has 0 saturated heterocycles. The number of aromatic nitrogens is 2. The summed E-state index contributed by atoms with van der Waals surface area (Å²) in [6.07, 6.45) is 0. The number of rotatable bonds is 5. The Labute approximate surface area is 157 Å². The quantitative estimate of drug-likeness (QED) is 0.735. The van der Waals surface area contributed by atoms with Crippen LogP contribution in [0.1, 0.15) is 40.8 Å². The van der Waals surface area contributed by atoms with E-state index in [1.54, 1.807) is 29.4 Å². The van der Waals surface area contributed by atoms with E-state index in [0.717, 1.165) is 22.0 Å². The van der Waals surface area contributed by atoms with Crippen LogP contribution in [-0.2, 0) is 6.54 Å².